The van der Waals surface area contributed by atoms with E-state index in [4.69, 9.17) is 9.47 Å². The molecule has 4 amide bonds. The van der Waals surface area contributed by atoms with Gasteiger partial charge in [0, 0.05) is 0 Å². The lowest BCUT2D eigenvalue weighted by atomic mass is 9.77. The smallest absolute Gasteiger partial charge is 0.344 e. The van der Waals surface area contributed by atoms with E-state index in [1.807, 2.05) is 0 Å². The van der Waals surface area contributed by atoms with Crippen molar-refractivity contribution in [2.45, 2.75) is 44.2 Å². The number of imide groups is 1. The Kier molecular flexibility index (Phi) is 3.97. The molecule has 0 radical (unpaired) electrons. The van der Waals surface area contributed by atoms with Gasteiger partial charge in [0.2, 0.25) is 6.10 Å². The fourth-order valence-electron chi connectivity index (χ4n) is 3.65. The first kappa shape index (κ1) is 16.7. The van der Waals surface area contributed by atoms with E-state index in [9.17, 15) is 14.4 Å². The number of carbonyl (C=O) groups is 3. The van der Waals surface area contributed by atoms with Gasteiger partial charge in [-0.25, -0.2) is 4.79 Å². The van der Waals surface area contributed by atoms with Gasteiger partial charge in [-0.15, -0.1) is 0 Å². The van der Waals surface area contributed by atoms with Crippen molar-refractivity contribution in [3.8, 4) is 11.5 Å². The molecule has 1 aromatic rings. The van der Waals surface area contributed by atoms with E-state index in [1.54, 1.807) is 24.3 Å². The minimum Gasteiger partial charge on any atom is -0.485 e. The molecule has 1 aliphatic carbocycles. The molecule has 26 heavy (non-hydrogen) atoms. The number of hydrogen-bond acceptors (Lipinski definition) is 5. The molecule has 8 nitrogen and oxygen atoms in total. The lowest BCUT2D eigenvalue weighted by Crippen LogP contribution is -2.55. The van der Waals surface area contributed by atoms with Crippen LogP contribution in [-0.2, 0) is 9.59 Å². The molecule has 138 valence electrons. The Balaban J connectivity index is 1.43. The average molecular weight is 359 g/mol. The highest BCUT2D eigenvalue weighted by Gasteiger charge is 2.53. The van der Waals surface area contributed by atoms with Crippen LogP contribution in [0.15, 0.2) is 24.3 Å². The Labute approximate surface area is 150 Å². The second-order valence-electron chi connectivity index (χ2n) is 7.18. The standard InChI is InChI=1S/C18H21N3O5/c1-11-6-8-18(9-7-11)16(23)21(17(24)19-18)20-15(22)14-10-25-12-4-2-3-5-13(12)26-14/h2-5,11,14H,6-10H2,1H3,(H,19,24)(H,20,22)/t11?,14-,18?/m1/s1. The summed E-state index contributed by atoms with van der Waals surface area (Å²) in [4.78, 5) is 37.5. The maximum Gasteiger partial charge on any atom is 0.344 e. The van der Waals surface area contributed by atoms with E-state index in [-0.39, 0.29) is 6.61 Å². The van der Waals surface area contributed by atoms with Gasteiger partial charge in [0.25, 0.3) is 11.8 Å². The molecular weight excluding hydrogens is 338 g/mol. The van der Waals surface area contributed by atoms with Crippen molar-refractivity contribution in [3.63, 3.8) is 0 Å². The third-order valence-corrected chi connectivity index (χ3v) is 5.31. The van der Waals surface area contributed by atoms with Crippen molar-refractivity contribution < 1.29 is 23.9 Å². The van der Waals surface area contributed by atoms with Gasteiger partial charge in [-0.05, 0) is 43.7 Å². The highest BCUT2D eigenvalue weighted by Crippen LogP contribution is 2.36. The predicted octanol–water partition coefficient (Wildman–Crippen LogP) is 1.36. The van der Waals surface area contributed by atoms with Crippen LogP contribution in [0.1, 0.15) is 32.6 Å². The van der Waals surface area contributed by atoms with Gasteiger partial charge in [0.05, 0.1) is 0 Å². The number of carbonyl (C=O) groups excluding carboxylic acids is 3. The van der Waals surface area contributed by atoms with E-state index >= 15 is 0 Å². The number of hydrogen-bond donors (Lipinski definition) is 2. The van der Waals surface area contributed by atoms with Crippen molar-refractivity contribution in [1.82, 2.24) is 15.8 Å². The maximum absolute atomic E-state index is 12.8. The van der Waals surface area contributed by atoms with Crippen LogP contribution in [0.25, 0.3) is 0 Å². The SMILES string of the molecule is CC1CCC2(CC1)NC(=O)N(NC(=O)[C@H]1COc3ccccc3O1)C2=O. The van der Waals surface area contributed by atoms with Gasteiger partial charge in [0.15, 0.2) is 11.5 Å². The number of fused-ring (bicyclic) bond motifs is 1. The van der Waals surface area contributed by atoms with Crippen LogP contribution in [0.2, 0.25) is 0 Å². The largest absolute Gasteiger partial charge is 0.485 e. The quantitative estimate of drug-likeness (QED) is 0.777. The van der Waals surface area contributed by atoms with Crippen LogP contribution in [0.4, 0.5) is 4.79 Å². The molecule has 2 fully saturated rings. The van der Waals surface area contributed by atoms with Crippen LogP contribution in [0.3, 0.4) is 0 Å². The van der Waals surface area contributed by atoms with Crippen molar-refractivity contribution in [1.29, 1.82) is 0 Å². The summed E-state index contributed by atoms with van der Waals surface area (Å²) in [5.74, 6) is 0.543. The van der Waals surface area contributed by atoms with Crippen LogP contribution < -0.4 is 20.2 Å². The molecule has 1 atom stereocenters. The first-order valence-electron chi connectivity index (χ1n) is 8.84. The molecule has 3 aliphatic rings. The summed E-state index contributed by atoms with van der Waals surface area (Å²) in [6, 6.07) is 6.42. The van der Waals surface area contributed by atoms with E-state index in [0.717, 1.165) is 17.9 Å². The van der Waals surface area contributed by atoms with Gasteiger partial charge < -0.3 is 14.8 Å². The molecule has 2 aliphatic heterocycles. The van der Waals surface area contributed by atoms with E-state index in [0.29, 0.717) is 30.3 Å². The molecular formula is C18H21N3O5. The first-order chi connectivity index (χ1) is 12.5. The van der Waals surface area contributed by atoms with Crippen LogP contribution >= 0.6 is 0 Å². The lowest BCUT2D eigenvalue weighted by Gasteiger charge is -2.33. The third kappa shape index (κ3) is 2.75. The monoisotopic (exact) mass is 359 g/mol. The summed E-state index contributed by atoms with van der Waals surface area (Å²) in [7, 11) is 0. The Hall–Kier alpha value is -2.77. The number of nitrogens with one attached hydrogen (secondary N) is 2. The number of urea groups is 1. The molecule has 2 N–H and O–H groups in total. The van der Waals surface area contributed by atoms with Crippen molar-refractivity contribution in [2.75, 3.05) is 6.61 Å². The maximum atomic E-state index is 12.8. The third-order valence-electron chi connectivity index (χ3n) is 5.31. The molecule has 1 spiro atoms. The Morgan fingerprint density at radius 3 is 2.65 bits per heavy atom. The van der Waals surface area contributed by atoms with Gasteiger partial charge in [-0.2, -0.15) is 5.01 Å². The summed E-state index contributed by atoms with van der Waals surface area (Å²) in [6.07, 6.45) is 1.96. The Bertz CT molecular complexity index is 757. The summed E-state index contributed by atoms with van der Waals surface area (Å²) in [5, 5.41) is 3.54. The number of hydrazine groups is 1. The van der Waals surface area contributed by atoms with Crippen molar-refractivity contribution in [2.24, 2.45) is 5.92 Å². The summed E-state index contributed by atoms with van der Waals surface area (Å²) < 4.78 is 11.1. The molecule has 0 bridgehead atoms. The average Bonchev–Trinajstić information content (AvgIpc) is 2.88. The number of nitrogens with zero attached hydrogens (tertiary/aromatic N) is 1. The fourth-order valence-corrected chi connectivity index (χ4v) is 3.65. The second-order valence-corrected chi connectivity index (χ2v) is 7.18. The van der Waals surface area contributed by atoms with Gasteiger partial charge in [-0.1, -0.05) is 19.1 Å². The molecule has 1 aromatic carbocycles. The number of ether oxygens (including phenoxy) is 2. The van der Waals surface area contributed by atoms with Crippen LogP contribution in [-0.4, -0.2) is 41.1 Å². The van der Waals surface area contributed by atoms with Crippen molar-refractivity contribution in [3.05, 3.63) is 24.3 Å². The number of benzene rings is 1. The number of rotatable bonds is 2. The molecule has 1 saturated heterocycles. The zero-order valence-corrected chi connectivity index (χ0v) is 14.5. The highest BCUT2D eigenvalue weighted by molar-refractivity contribution is 6.08. The van der Waals surface area contributed by atoms with Gasteiger partial charge in [-0.3, -0.25) is 15.0 Å². The summed E-state index contributed by atoms with van der Waals surface area (Å²) in [5.41, 5.74) is 1.49. The fraction of sp³-hybridized carbons (Fsp3) is 0.500. The second kappa shape index (κ2) is 6.19. The number of amides is 4. The van der Waals surface area contributed by atoms with Gasteiger partial charge in [0.1, 0.15) is 12.1 Å². The highest BCUT2D eigenvalue weighted by atomic mass is 16.6. The first-order valence-corrected chi connectivity index (χ1v) is 8.84. The summed E-state index contributed by atoms with van der Waals surface area (Å²) in [6.45, 7) is 2.14. The Morgan fingerprint density at radius 1 is 1.23 bits per heavy atom. The zero-order valence-electron chi connectivity index (χ0n) is 14.5. The zero-order chi connectivity index (χ0) is 18.3. The predicted molar refractivity (Wildman–Crippen MR) is 90.2 cm³/mol. The Morgan fingerprint density at radius 2 is 1.92 bits per heavy atom. The molecule has 1 saturated carbocycles. The van der Waals surface area contributed by atoms with Crippen LogP contribution in [0.5, 0.6) is 11.5 Å². The molecule has 2 heterocycles. The minimum atomic E-state index is -0.937. The van der Waals surface area contributed by atoms with E-state index < -0.39 is 29.5 Å². The van der Waals surface area contributed by atoms with Gasteiger partial charge >= 0.3 is 6.03 Å². The lowest BCUT2D eigenvalue weighted by molar-refractivity contribution is -0.143. The summed E-state index contributed by atoms with van der Waals surface area (Å²) >= 11 is 0. The van der Waals surface area contributed by atoms with E-state index in [1.165, 1.54) is 0 Å². The minimum absolute atomic E-state index is 0.00908. The molecule has 4 rings (SSSR count). The normalized spacial score (nSPS) is 30.3. The van der Waals surface area contributed by atoms with Crippen LogP contribution in [0, 0.1) is 5.92 Å². The molecule has 0 unspecified atom stereocenters. The molecule has 8 heteroatoms. The topological polar surface area (TPSA) is 97.0 Å². The number of para-hydroxylation sites is 2. The van der Waals surface area contributed by atoms with Crippen molar-refractivity contribution >= 4 is 17.8 Å². The van der Waals surface area contributed by atoms with E-state index in [2.05, 4.69) is 17.7 Å². The molecule has 0 aromatic heterocycles.